The molecule has 0 radical (unpaired) electrons. The summed E-state index contributed by atoms with van der Waals surface area (Å²) in [5, 5.41) is 13.4. The first-order valence-electron chi connectivity index (χ1n) is 7.91. The Morgan fingerprint density at radius 2 is 1.79 bits per heavy atom. The molecule has 2 aromatic carbocycles. The fourth-order valence-electron chi connectivity index (χ4n) is 2.50. The van der Waals surface area contributed by atoms with Crippen molar-refractivity contribution >= 4 is 17.6 Å². The summed E-state index contributed by atoms with van der Waals surface area (Å²) in [5.74, 6) is -3.61. The number of nitro groups is 1. The summed E-state index contributed by atoms with van der Waals surface area (Å²) < 4.78 is 36.1. The Morgan fingerprint density at radius 1 is 1.14 bits per heavy atom. The molecular formula is C18H16F2N2O6. The molecular weight excluding hydrogens is 378 g/mol. The van der Waals surface area contributed by atoms with Crippen LogP contribution < -0.4 is 10.1 Å². The van der Waals surface area contributed by atoms with Crippen molar-refractivity contribution < 1.29 is 32.8 Å². The second-order valence-electron chi connectivity index (χ2n) is 5.67. The Labute approximate surface area is 158 Å². The zero-order valence-corrected chi connectivity index (χ0v) is 14.9. The van der Waals surface area contributed by atoms with Crippen LogP contribution in [0.1, 0.15) is 15.9 Å². The molecule has 0 unspecified atom stereocenters. The van der Waals surface area contributed by atoms with Gasteiger partial charge >= 0.3 is 11.7 Å². The van der Waals surface area contributed by atoms with Crippen LogP contribution in [0, 0.1) is 21.7 Å². The van der Waals surface area contributed by atoms with Crippen LogP contribution in [-0.4, -0.2) is 37.1 Å². The number of hydrogen-bond donors (Lipinski definition) is 1. The fourth-order valence-corrected chi connectivity index (χ4v) is 2.50. The lowest BCUT2D eigenvalue weighted by atomic mass is 10.0. The maximum absolute atomic E-state index is 13.3. The number of nitrogens with one attached hydrogen (secondary N) is 1. The number of hydrogen-bond acceptors (Lipinski definition) is 6. The average Bonchev–Trinajstić information content (AvgIpc) is 2.65. The molecule has 2 aromatic rings. The predicted molar refractivity (Wildman–Crippen MR) is 93.0 cm³/mol. The molecule has 2 rings (SSSR count). The van der Waals surface area contributed by atoms with E-state index in [1.165, 1.54) is 25.3 Å². The fraction of sp³-hybridized carbons (Fsp3) is 0.222. The lowest BCUT2D eigenvalue weighted by molar-refractivity contribution is -0.385. The minimum atomic E-state index is -1.24. The molecule has 1 N–H and O–H groups in total. The Kier molecular flexibility index (Phi) is 6.59. The van der Waals surface area contributed by atoms with Gasteiger partial charge in [-0.05, 0) is 23.8 Å². The minimum Gasteiger partial charge on any atom is -0.490 e. The SMILES string of the molecule is COC(=O)[C@H](Cc1ccc(OC)c([N+](=O)[O-])c1)NC(=O)c1cc(F)cc(F)c1. The van der Waals surface area contributed by atoms with Crippen molar-refractivity contribution in [2.75, 3.05) is 14.2 Å². The highest BCUT2D eigenvalue weighted by Gasteiger charge is 2.25. The van der Waals surface area contributed by atoms with Crippen molar-refractivity contribution in [3.8, 4) is 5.75 Å². The maximum Gasteiger partial charge on any atom is 0.328 e. The summed E-state index contributed by atoms with van der Waals surface area (Å²) in [7, 11) is 2.37. The van der Waals surface area contributed by atoms with Crippen LogP contribution in [0.2, 0.25) is 0 Å². The average molecular weight is 394 g/mol. The van der Waals surface area contributed by atoms with Gasteiger partial charge in [0.2, 0.25) is 0 Å². The van der Waals surface area contributed by atoms with Gasteiger partial charge in [-0.15, -0.1) is 0 Å². The van der Waals surface area contributed by atoms with Gasteiger partial charge in [0, 0.05) is 24.1 Å². The van der Waals surface area contributed by atoms with Gasteiger partial charge in [0.05, 0.1) is 19.1 Å². The van der Waals surface area contributed by atoms with Crippen molar-refractivity contribution in [2.24, 2.45) is 0 Å². The van der Waals surface area contributed by atoms with E-state index in [1.807, 2.05) is 0 Å². The lowest BCUT2D eigenvalue weighted by Crippen LogP contribution is -2.43. The first kappa shape index (κ1) is 20.7. The van der Waals surface area contributed by atoms with Crippen molar-refractivity contribution in [1.82, 2.24) is 5.32 Å². The van der Waals surface area contributed by atoms with E-state index in [9.17, 15) is 28.5 Å². The Hall–Kier alpha value is -3.56. The Balaban J connectivity index is 2.27. The molecule has 0 bridgehead atoms. The second-order valence-corrected chi connectivity index (χ2v) is 5.67. The highest BCUT2D eigenvalue weighted by Crippen LogP contribution is 2.28. The number of ether oxygens (including phenoxy) is 2. The quantitative estimate of drug-likeness (QED) is 0.439. The molecule has 1 amide bonds. The topological polar surface area (TPSA) is 108 Å². The van der Waals surface area contributed by atoms with Gasteiger partial charge in [0.1, 0.15) is 17.7 Å². The van der Waals surface area contributed by atoms with Gasteiger partial charge in [0.25, 0.3) is 5.91 Å². The molecule has 0 aliphatic carbocycles. The van der Waals surface area contributed by atoms with Gasteiger partial charge in [-0.1, -0.05) is 6.07 Å². The number of nitrogens with zero attached hydrogens (tertiary/aromatic N) is 1. The number of carbonyl (C=O) groups excluding carboxylic acids is 2. The number of halogens is 2. The van der Waals surface area contributed by atoms with E-state index < -0.39 is 34.5 Å². The minimum absolute atomic E-state index is 0.0302. The number of nitro benzene ring substituents is 1. The predicted octanol–water partition coefficient (Wildman–Crippen LogP) is 2.40. The Bertz CT molecular complexity index is 899. The first-order chi connectivity index (χ1) is 13.2. The van der Waals surface area contributed by atoms with E-state index in [0.29, 0.717) is 11.6 Å². The van der Waals surface area contributed by atoms with Crippen molar-refractivity contribution in [1.29, 1.82) is 0 Å². The number of rotatable bonds is 7. The van der Waals surface area contributed by atoms with Gasteiger partial charge in [-0.25, -0.2) is 13.6 Å². The van der Waals surface area contributed by atoms with E-state index >= 15 is 0 Å². The smallest absolute Gasteiger partial charge is 0.328 e. The molecule has 0 heterocycles. The van der Waals surface area contributed by atoms with Crippen LogP contribution in [0.15, 0.2) is 36.4 Å². The van der Waals surface area contributed by atoms with Gasteiger partial charge < -0.3 is 14.8 Å². The summed E-state index contributed by atoms with van der Waals surface area (Å²) in [6.45, 7) is 0. The molecule has 1 atom stereocenters. The summed E-state index contributed by atoms with van der Waals surface area (Å²) in [5.41, 5.74) is -0.303. The van der Waals surface area contributed by atoms with Crippen molar-refractivity contribution in [3.63, 3.8) is 0 Å². The summed E-state index contributed by atoms with van der Waals surface area (Å²) in [4.78, 5) is 34.8. The normalized spacial score (nSPS) is 11.4. The highest BCUT2D eigenvalue weighted by molar-refractivity contribution is 5.96. The molecule has 0 saturated heterocycles. The molecule has 0 saturated carbocycles. The third kappa shape index (κ3) is 5.00. The molecule has 0 spiro atoms. The van der Waals surface area contributed by atoms with Crippen LogP contribution in [0.4, 0.5) is 14.5 Å². The van der Waals surface area contributed by atoms with E-state index in [0.717, 1.165) is 19.2 Å². The molecule has 0 aliphatic rings. The van der Waals surface area contributed by atoms with Crippen LogP contribution >= 0.6 is 0 Å². The van der Waals surface area contributed by atoms with Crippen molar-refractivity contribution in [3.05, 3.63) is 69.3 Å². The molecule has 10 heteroatoms. The van der Waals surface area contributed by atoms with Gasteiger partial charge in [0.15, 0.2) is 5.75 Å². The molecule has 28 heavy (non-hydrogen) atoms. The molecule has 0 aliphatic heterocycles. The lowest BCUT2D eigenvalue weighted by Gasteiger charge is -2.17. The van der Waals surface area contributed by atoms with Gasteiger partial charge in [-0.2, -0.15) is 0 Å². The number of amides is 1. The zero-order valence-electron chi connectivity index (χ0n) is 14.9. The van der Waals surface area contributed by atoms with E-state index in [-0.39, 0.29) is 23.4 Å². The van der Waals surface area contributed by atoms with E-state index in [2.05, 4.69) is 10.1 Å². The largest absolute Gasteiger partial charge is 0.490 e. The molecule has 8 nitrogen and oxygen atoms in total. The number of carbonyl (C=O) groups is 2. The van der Waals surface area contributed by atoms with E-state index in [1.54, 1.807) is 0 Å². The van der Waals surface area contributed by atoms with Crippen LogP contribution in [-0.2, 0) is 16.0 Å². The molecule has 0 fully saturated rings. The second kappa shape index (κ2) is 8.89. The number of benzene rings is 2. The van der Waals surface area contributed by atoms with Crippen LogP contribution in [0.3, 0.4) is 0 Å². The van der Waals surface area contributed by atoms with Crippen LogP contribution in [0.25, 0.3) is 0 Å². The number of methoxy groups -OCH3 is 2. The molecule has 148 valence electrons. The standard InChI is InChI=1S/C18H16F2N2O6/c1-27-16-4-3-10(6-15(16)22(25)26)5-14(18(24)28-2)21-17(23)11-7-12(19)9-13(20)8-11/h3-4,6-9,14H,5H2,1-2H3,(H,21,23)/t14-/m0/s1. The van der Waals surface area contributed by atoms with Crippen LogP contribution in [0.5, 0.6) is 5.75 Å². The summed E-state index contributed by atoms with van der Waals surface area (Å²) in [6, 6.07) is 5.02. The number of esters is 1. The third-order valence-corrected chi connectivity index (χ3v) is 3.80. The highest BCUT2D eigenvalue weighted by atomic mass is 19.1. The Morgan fingerprint density at radius 3 is 2.32 bits per heavy atom. The zero-order chi connectivity index (χ0) is 20.8. The van der Waals surface area contributed by atoms with Crippen molar-refractivity contribution in [2.45, 2.75) is 12.5 Å². The molecule has 0 aromatic heterocycles. The third-order valence-electron chi connectivity index (χ3n) is 3.80. The maximum atomic E-state index is 13.3. The summed E-state index contributed by atoms with van der Waals surface area (Å²) >= 11 is 0. The monoisotopic (exact) mass is 394 g/mol. The summed E-state index contributed by atoms with van der Waals surface area (Å²) in [6.07, 6.45) is -0.152. The van der Waals surface area contributed by atoms with Gasteiger partial charge in [-0.3, -0.25) is 14.9 Å². The van der Waals surface area contributed by atoms with E-state index in [4.69, 9.17) is 4.74 Å². The first-order valence-corrected chi connectivity index (χ1v) is 7.91.